The Morgan fingerprint density at radius 2 is 1.58 bits per heavy atom. The van der Waals surface area contributed by atoms with E-state index in [1.54, 1.807) is 36.4 Å². The van der Waals surface area contributed by atoms with Gasteiger partial charge in [-0.1, -0.05) is 35.6 Å². The number of aromatic carboxylic acids is 1. The molecule has 4 aromatic rings. The molecule has 9 heteroatoms. The summed E-state index contributed by atoms with van der Waals surface area (Å²) in [4.78, 5) is 41.7. The molecular weight excluding hydrogens is 458 g/mol. The van der Waals surface area contributed by atoms with Crippen LogP contribution in [0.1, 0.15) is 27.6 Å². The summed E-state index contributed by atoms with van der Waals surface area (Å²) < 4.78 is 1.01. The number of carbonyl (C=O) groups excluding carboxylic acids is 2. The second-order valence-corrected chi connectivity index (χ2v) is 9.51. The lowest BCUT2D eigenvalue weighted by atomic mass is 10.1. The molecule has 0 spiro atoms. The standard InChI is InChI=1S/C24H19N3O4S2/c1-14(21(28)27-24-26-19-8-4-5-9-20(19)33-24)32-16-12-10-15(11-13-16)25-22(29)17-6-2-3-7-18(17)23(30)31/h2-14H,1H3,(H,25,29)(H,30,31)(H,26,27,28). The Balaban J connectivity index is 1.36. The van der Waals surface area contributed by atoms with E-state index >= 15 is 0 Å². The summed E-state index contributed by atoms with van der Waals surface area (Å²) in [5, 5.41) is 15.0. The van der Waals surface area contributed by atoms with Crippen molar-refractivity contribution in [2.45, 2.75) is 17.1 Å². The van der Waals surface area contributed by atoms with Gasteiger partial charge in [0, 0.05) is 10.6 Å². The van der Waals surface area contributed by atoms with Gasteiger partial charge >= 0.3 is 5.97 Å². The molecule has 2 amide bonds. The van der Waals surface area contributed by atoms with Crippen molar-refractivity contribution in [3.05, 3.63) is 83.9 Å². The number of carboxylic acid groups (broad SMARTS) is 1. The maximum atomic E-state index is 12.6. The number of benzene rings is 3. The Kier molecular flexibility index (Phi) is 6.71. The molecule has 1 atom stereocenters. The minimum absolute atomic E-state index is 0.0601. The highest BCUT2D eigenvalue weighted by Crippen LogP contribution is 2.28. The van der Waals surface area contributed by atoms with Crippen molar-refractivity contribution in [3.8, 4) is 0 Å². The summed E-state index contributed by atoms with van der Waals surface area (Å²) >= 11 is 2.81. The number of anilines is 2. The fraction of sp³-hybridized carbons (Fsp3) is 0.0833. The number of amides is 2. The normalized spacial score (nSPS) is 11.7. The predicted molar refractivity (Wildman–Crippen MR) is 131 cm³/mol. The van der Waals surface area contributed by atoms with Crippen LogP contribution in [-0.2, 0) is 4.79 Å². The number of para-hydroxylation sites is 1. The Hall–Kier alpha value is -3.69. The molecule has 1 aromatic heterocycles. The van der Waals surface area contributed by atoms with Crippen molar-refractivity contribution in [2.24, 2.45) is 0 Å². The predicted octanol–water partition coefficient (Wildman–Crippen LogP) is 5.37. The number of carbonyl (C=O) groups is 3. The van der Waals surface area contributed by atoms with Gasteiger partial charge in [-0.3, -0.25) is 9.59 Å². The van der Waals surface area contributed by atoms with E-state index in [0.717, 1.165) is 15.1 Å². The Morgan fingerprint density at radius 1 is 0.909 bits per heavy atom. The number of aromatic nitrogens is 1. The first-order chi connectivity index (χ1) is 15.9. The van der Waals surface area contributed by atoms with Gasteiger partial charge < -0.3 is 15.7 Å². The van der Waals surface area contributed by atoms with Gasteiger partial charge in [-0.2, -0.15) is 0 Å². The van der Waals surface area contributed by atoms with E-state index in [1.807, 2.05) is 31.2 Å². The molecule has 166 valence electrons. The van der Waals surface area contributed by atoms with Crippen molar-refractivity contribution in [1.29, 1.82) is 0 Å². The maximum absolute atomic E-state index is 12.6. The van der Waals surface area contributed by atoms with Crippen LogP contribution in [0.4, 0.5) is 10.8 Å². The summed E-state index contributed by atoms with van der Waals surface area (Å²) in [5.41, 5.74) is 1.40. The number of nitrogens with zero attached hydrogens (tertiary/aromatic N) is 1. The topological polar surface area (TPSA) is 108 Å². The summed E-state index contributed by atoms with van der Waals surface area (Å²) in [6.45, 7) is 1.81. The molecule has 3 aromatic carbocycles. The molecule has 1 unspecified atom stereocenters. The monoisotopic (exact) mass is 477 g/mol. The molecule has 0 radical (unpaired) electrons. The number of fused-ring (bicyclic) bond motifs is 1. The van der Waals surface area contributed by atoms with E-state index in [9.17, 15) is 19.5 Å². The third-order valence-electron chi connectivity index (χ3n) is 4.72. The van der Waals surface area contributed by atoms with Crippen LogP contribution in [0.15, 0.2) is 77.7 Å². The Morgan fingerprint density at radius 3 is 2.27 bits per heavy atom. The molecule has 1 heterocycles. The second-order valence-electron chi connectivity index (χ2n) is 7.07. The van der Waals surface area contributed by atoms with E-state index < -0.39 is 11.9 Å². The number of hydrogen-bond acceptors (Lipinski definition) is 6. The molecule has 0 aliphatic rings. The molecule has 3 N–H and O–H groups in total. The number of carboxylic acids is 1. The van der Waals surface area contributed by atoms with E-state index in [-0.39, 0.29) is 22.3 Å². The fourth-order valence-corrected chi connectivity index (χ4v) is 4.81. The van der Waals surface area contributed by atoms with Gasteiger partial charge in [0.2, 0.25) is 5.91 Å². The highest BCUT2D eigenvalue weighted by molar-refractivity contribution is 8.00. The molecule has 7 nitrogen and oxygen atoms in total. The summed E-state index contributed by atoms with van der Waals surface area (Å²) in [6, 6.07) is 20.8. The van der Waals surface area contributed by atoms with E-state index in [1.165, 1.54) is 35.2 Å². The van der Waals surface area contributed by atoms with Crippen molar-refractivity contribution in [1.82, 2.24) is 4.98 Å². The second kappa shape index (κ2) is 9.85. The van der Waals surface area contributed by atoms with Crippen molar-refractivity contribution >= 4 is 61.9 Å². The Labute approximate surface area is 197 Å². The minimum Gasteiger partial charge on any atom is -0.478 e. The van der Waals surface area contributed by atoms with Crippen LogP contribution in [0.3, 0.4) is 0 Å². The van der Waals surface area contributed by atoms with Crippen LogP contribution < -0.4 is 10.6 Å². The van der Waals surface area contributed by atoms with Crippen LogP contribution in [0.2, 0.25) is 0 Å². The molecule has 0 bridgehead atoms. The number of hydrogen-bond donors (Lipinski definition) is 3. The zero-order chi connectivity index (χ0) is 23.4. The van der Waals surface area contributed by atoms with E-state index in [4.69, 9.17) is 0 Å². The molecule has 33 heavy (non-hydrogen) atoms. The SMILES string of the molecule is CC(Sc1ccc(NC(=O)c2ccccc2C(=O)O)cc1)C(=O)Nc1nc2ccccc2s1. The first kappa shape index (κ1) is 22.5. The third-order valence-corrected chi connectivity index (χ3v) is 6.78. The van der Waals surface area contributed by atoms with Crippen LogP contribution in [-0.4, -0.2) is 33.1 Å². The molecule has 0 aliphatic heterocycles. The number of rotatable bonds is 7. The average molecular weight is 478 g/mol. The van der Waals surface area contributed by atoms with Crippen molar-refractivity contribution in [2.75, 3.05) is 10.6 Å². The maximum Gasteiger partial charge on any atom is 0.336 e. The fourth-order valence-electron chi connectivity index (χ4n) is 3.07. The molecular formula is C24H19N3O4S2. The minimum atomic E-state index is -1.16. The largest absolute Gasteiger partial charge is 0.478 e. The molecule has 0 saturated carbocycles. The molecule has 0 saturated heterocycles. The van der Waals surface area contributed by atoms with Gasteiger partial charge in [0.05, 0.1) is 26.6 Å². The summed E-state index contributed by atoms with van der Waals surface area (Å²) in [5.74, 6) is -1.82. The van der Waals surface area contributed by atoms with Gasteiger partial charge in [-0.15, -0.1) is 11.8 Å². The summed E-state index contributed by atoms with van der Waals surface area (Å²) in [7, 11) is 0. The third kappa shape index (κ3) is 5.39. The first-order valence-corrected chi connectivity index (χ1v) is 11.7. The number of thiazole rings is 1. The van der Waals surface area contributed by atoms with E-state index in [2.05, 4.69) is 15.6 Å². The van der Waals surface area contributed by atoms with Gasteiger partial charge in [0.15, 0.2) is 5.13 Å². The zero-order valence-electron chi connectivity index (χ0n) is 17.4. The quantitative estimate of drug-likeness (QED) is 0.309. The van der Waals surface area contributed by atoms with Gasteiger partial charge in [-0.05, 0) is 55.5 Å². The average Bonchev–Trinajstić information content (AvgIpc) is 3.22. The van der Waals surface area contributed by atoms with E-state index in [0.29, 0.717) is 10.8 Å². The lowest BCUT2D eigenvalue weighted by molar-refractivity contribution is -0.115. The number of thioether (sulfide) groups is 1. The summed E-state index contributed by atoms with van der Waals surface area (Å²) in [6.07, 6.45) is 0. The van der Waals surface area contributed by atoms with Crippen LogP contribution >= 0.6 is 23.1 Å². The van der Waals surface area contributed by atoms with Gasteiger partial charge in [0.25, 0.3) is 5.91 Å². The zero-order valence-corrected chi connectivity index (χ0v) is 19.1. The van der Waals surface area contributed by atoms with Crippen LogP contribution in [0.5, 0.6) is 0 Å². The van der Waals surface area contributed by atoms with Crippen molar-refractivity contribution < 1.29 is 19.5 Å². The Bertz CT molecular complexity index is 1300. The lowest BCUT2D eigenvalue weighted by Crippen LogP contribution is -2.22. The number of nitrogens with one attached hydrogen (secondary N) is 2. The first-order valence-electron chi connectivity index (χ1n) is 9.97. The molecule has 0 fully saturated rings. The van der Waals surface area contributed by atoms with Gasteiger partial charge in [0.1, 0.15) is 0 Å². The van der Waals surface area contributed by atoms with Crippen molar-refractivity contribution in [3.63, 3.8) is 0 Å². The van der Waals surface area contributed by atoms with Crippen LogP contribution in [0.25, 0.3) is 10.2 Å². The highest BCUT2D eigenvalue weighted by Gasteiger charge is 2.18. The lowest BCUT2D eigenvalue weighted by Gasteiger charge is -2.11. The molecule has 0 aliphatic carbocycles. The molecule has 4 rings (SSSR count). The van der Waals surface area contributed by atoms with Crippen LogP contribution in [0, 0.1) is 0 Å². The highest BCUT2D eigenvalue weighted by atomic mass is 32.2. The smallest absolute Gasteiger partial charge is 0.336 e. The van der Waals surface area contributed by atoms with Gasteiger partial charge in [-0.25, -0.2) is 9.78 Å².